The Hall–Kier alpha value is -1.67. The minimum atomic E-state index is -0.0723. The Kier molecular flexibility index (Phi) is 7.19. The van der Waals surface area contributed by atoms with Crippen LogP contribution in [0, 0.1) is 11.8 Å². The summed E-state index contributed by atoms with van der Waals surface area (Å²) in [5.41, 5.74) is 0. The molecular formula is C16H27ClN6O2. The maximum Gasteiger partial charge on any atom is 0.248 e. The van der Waals surface area contributed by atoms with Crippen molar-refractivity contribution in [1.82, 2.24) is 25.0 Å². The maximum atomic E-state index is 12.3. The highest BCUT2D eigenvalue weighted by Gasteiger charge is 2.29. The molecule has 3 rings (SSSR count). The zero-order valence-electron chi connectivity index (χ0n) is 14.6. The number of aromatic nitrogens is 3. The van der Waals surface area contributed by atoms with Gasteiger partial charge in [0, 0.05) is 19.0 Å². The van der Waals surface area contributed by atoms with Crippen molar-refractivity contribution in [3.05, 3.63) is 6.33 Å². The van der Waals surface area contributed by atoms with Crippen LogP contribution in [0.3, 0.4) is 0 Å². The summed E-state index contributed by atoms with van der Waals surface area (Å²) < 4.78 is 1.50. The maximum absolute atomic E-state index is 12.3. The number of halogens is 1. The molecule has 140 valence electrons. The van der Waals surface area contributed by atoms with Crippen LogP contribution < -0.4 is 10.6 Å². The first-order valence-electron chi connectivity index (χ1n) is 8.82. The third-order valence-electron chi connectivity index (χ3n) is 4.96. The summed E-state index contributed by atoms with van der Waals surface area (Å²) in [6.45, 7) is 5.49. The number of carbonyl (C=O) groups excluding carboxylic acids is 2. The van der Waals surface area contributed by atoms with Crippen molar-refractivity contribution in [1.29, 1.82) is 0 Å². The summed E-state index contributed by atoms with van der Waals surface area (Å²) in [5, 5.41) is 10.1. The molecule has 0 bridgehead atoms. The van der Waals surface area contributed by atoms with E-state index >= 15 is 0 Å². The van der Waals surface area contributed by atoms with E-state index < -0.39 is 0 Å². The predicted molar refractivity (Wildman–Crippen MR) is 96.5 cm³/mol. The van der Waals surface area contributed by atoms with Gasteiger partial charge < -0.3 is 10.2 Å². The number of carbonyl (C=O) groups is 2. The molecule has 2 N–H and O–H groups in total. The average molecular weight is 371 g/mol. The molecule has 0 saturated carbocycles. The molecule has 1 unspecified atom stereocenters. The van der Waals surface area contributed by atoms with E-state index in [1.807, 2.05) is 11.8 Å². The lowest BCUT2D eigenvalue weighted by atomic mass is 9.88. The molecule has 1 atom stereocenters. The lowest BCUT2D eigenvalue weighted by molar-refractivity contribution is -0.132. The van der Waals surface area contributed by atoms with Gasteiger partial charge in [-0.2, -0.15) is 0 Å². The highest BCUT2D eigenvalue weighted by molar-refractivity contribution is 5.90. The summed E-state index contributed by atoms with van der Waals surface area (Å²) in [7, 11) is 0. The number of anilines is 1. The van der Waals surface area contributed by atoms with Crippen molar-refractivity contribution in [2.24, 2.45) is 11.8 Å². The van der Waals surface area contributed by atoms with Gasteiger partial charge in [-0.3, -0.25) is 14.9 Å². The topological polar surface area (TPSA) is 92.2 Å². The van der Waals surface area contributed by atoms with E-state index in [0.717, 1.165) is 39.0 Å². The molecule has 0 aliphatic carbocycles. The van der Waals surface area contributed by atoms with Gasteiger partial charge in [0.1, 0.15) is 12.9 Å². The van der Waals surface area contributed by atoms with E-state index in [1.54, 1.807) is 0 Å². The Morgan fingerprint density at radius 2 is 1.96 bits per heavy atom. The van der Waals surface area contributed by atoms with Gasteiger partial charge in [0.2, 0.25) is 17.8 Å². The summed E-state index contributed by atoms with van der Waals surface area (Å²) in [6.07, 6.45) is 6.02. The van der Waals surface area contributed by atoms with Gasteiger partial charge in [0.05, 0.1) is 0 Å². The number of likely N-dealkylation sites (tertiary alicyclic amines) is 1. The molecule has 2 aliphatic heterocycles. The zero-order valence-corrected chi connectivity index (χ0v) is 15.4. The Labute approximate surface area is 154 Å². The number of hydrogen-bond acceptors (Lipinski definition) is 5. The van der Waals surface area contributed by atoms with Crippen molar-refractivity contribution < 1.29 is 9.59 Å². The Morgan fingerprint density at radius 1 is 1.28 bits per heavy atom. The minimum absolute atomic E-state index is 0. The van der Waals surface area contributed by atoms with Gasteiger partial charge >= 0.3 is 0 Å². The summed E-state index contributed by atoms with van der Waals surface area (Å²) in [5.74, 6) is 0.558. The molecule has 2 saturated heterocycles. The van der Waals surface area contributed by atoms with Crippen LogP contribution in [0.2, 0.25) is 0 Å². The minimum Gasteiger partial charge on any atom is -0.341 e. The molecule has 2 fully saturated rings. The molecule has 0 radical (unpaired) electrons. The van der Waals surface area contributed by atoms with E-state index in [4.69, 9.17) is 0 Å². The second kappa shape index (κ2) is 9.15. The molecule has 2 amide bonds. The molecule has 9 heteroatoms. The van der Waals surface area contributed by atoms with Crippen LogP contribution in [-0.4, -0.2) is 57.7 Å². The largest absolute Gasteiger partial charge is 0.341 e. The molecule has 2 aliphatic rings. The Bertz CT molecular complexity index is 581. The fraction of sp³-hybridized carbons (Fsp3) is 0.750. The number of nitrogens with one attached hydrogen (secondary N) is 2. The van der Waals surface area contributed by atoms with Crippen molar-refractivity contribution >= 4 is 30.2 Å². The summed E-state index contributed by atoms with van der Waals surface area (Å²) >= 11 is 0. The monoisotopic (exact) mass is 370 g/mol. The highest BCUT2D eigenvalue weighted by Crippen LogP contribution is 2.17. The molecule has 8 nitrogen and oxygen atoms in total. The van der Waals surface area contributed by atoms with Gasteiger partial charge in [0.25, 0.3) is 0 Å². The van der Waals surface area contributed by atoms with Crippen LogP contribution in [-0.2, 0) is 16.1 Å². The average Bonchev–Trinajstić information content (AvgIpc) is 2.77. The second-order valence-corrected chi connectivity index (χ2v) is 6.76. The van der Waals surface area contributed by atoms with Crippen LogP contribution in [0.25, 0.3) is 0 Å². The van der Waals surface area contributed by atoms with Gasteiger partial charge in [-0.05, 0) is 31.8 Å². The first kappa shape index (κ1) is 19.7. The number of amides is 2. The lowest BCUT2D eigenvalue weighted by Gasteiger charge is -2.31. The fourth-order valence-corrected chi connectivity index (χ4v) is 3.09. The second-order valence-electron chi connectivity index (χ2n) is 6.76. The van der Waals surface area contributed by atoms with E-state index in [0.29, 0.717) is 5.92 Å². The predicted octanol–water partition coefficient (Wildman–Crippen LogP) is 0.896. The zero-order chi connectivity index (χ0) is 16.9. The van der Waals surface area contributed by atoms with Crippen molar-refractivity contribution in [3.8, 4) is 0 Å². The lowest BCUT2D eigenvalue weighted by Crippen LogP contribution is -2.48. The van der Waals surface area contributed by atoms with E-state index in [9.17, 15) is 9.59 Å². The van der Waals surface area contributed by atoms with E-state index in [1.165, 1.54) is 23.9 Å². The first-order valence-corrected chi connectivity index (χ1v) is 8.82. The van der Waals surface area contributed by atoms with Crippen LogP contribution in [0.1, 0.15) is 32.6 Å². The normalized spacial score (nSPS) is 19.3. The van der Waals surface area contributed by atoms with Crippen molar-refractivity contribution in [3.63, 3.8) is 0 Å². The molecule has 0 spiro atoms. The van der Waals surface area contributed by atoms with Crippen molar-refractivity contribution in [2.45, 2.75) is 39.2 Å². The summed E-state index contributed by atoms with van der Waals surface area (Å²) in [4.78, 5) is 30.5. The fourth-order valence-electron chi connectivity index (χ4n) is 3.09. The van der Waals surface area contributed by atoms with Crippen LogP contribution in [0.5, 0.6) is 0 Å². The Morgan fingerprint density at radius 3 is 2.56 bits per heavy atom. The summed E-state index contributed by atoms with van der Waals surface area (Å²) in [6, 6.07) is 0. The van der Waals surface area contributed by atoms with Gasteiger partial charge in [-0.15, -0.1) is 17.5 Å². The number of rotatable bonds is 5. The molecule has 1 aromatic heterocycles. The third-order valence-corrected chi connectivity index (χ3v) is 4.96. The number of nitrogens with zero attached hydrogens (tertiary/aromatic N) is 4. The smallest absolute Gasteiger partial charge is 0.248 e. The molecule has 3 heterocycles. The van der Waals surface area contributed by atoms with Gasteiger partial charge in [0.15, 0.2) is 0 Å². The standard InChI is InChI=1S/C16H26N6O2.ClH/c1-12(13-8-17-9-13)15(24)19-16-18-11-22(20-16)10-14(23)21-6-4-2-3-5-7-21;/h11-13,17H,2-10H2,1H3,(H,19,20,24);1H. The molecule has 1 aromatic rings. The molecular weight excluding hydrogens is 344 g/mol. The SMILES string of the molecule is CC(C(=O)Nc1ncn(CC(=O)N2CCCCCC2)n1)C1CNC1.Cl. The quantitative estimate of drug-likeness (QED) is 0.803. The van der Waals surface area contributed by atoms with Crippen molar-refractivity contribution in [2.75, 3.05) is 31.5 Å². The van der Waals surface area contributed by atoms with Gasteiger partial charge in [-0.25, -0.2) is 9.67 Å². The van der Waals surface area contributed by atoms with Gasteiger partial charge in [-0.1, -0.05) is 19.8 Å². The highest BCUT2D eigenvalue weighted by atomic mass is 35.5. The number of hydrogen-bond donors (Lipinski definition) is 2. The van der Waals surface area contributed by atoms with Crippen LogP contribution in [0.15, 0.2) is 6.33 Å². The first-order chi connectivity index (χ1) is 11.6. The molecule has 25 heavy (non-hydrogen) atoms. The van der Waals surface area contributed by atoms with Crippen LogP contribution >= 0.6 is 12.4 Å². The van der Waals surface area contributed by atoms with Crippen LogP contribution in [0.4, 0.5) is 5.95 Å². The third kappa shape index (κ3) is 5.15. The van der Waals surface area contributed by atoms with E-state index in [-0.39, 0.29) is 42.6 Å². The Balaban J connectivity index is 0.00000225. The van der Waals surface area contributed by atoms with E-state index in [2.05, 4.69) is 20.7 Å². The molecule has 0 aromatic carbocycles.